The summed E-state index contributed by atoms with van der Waals surface area (Å²) in [5.41, 5.74) is 1.20. The first-order valence-electron chi connectivity index (χ1n) is 5.38. The Labute approximate surface area is 99.2 Å². The first-order chi connectivity index (χ1) is 7.92. The smallest absolute Gasteiger partial charge is 0.307 e. The summed E-state index contributed by atoms with van der Waals surface area (Å²) in [5.74, 6) is -0.757. The lowest BCUT2D eigenvalue weighted by Crippen LogP contribution is -2.18. The lowest BCUT2D eigenvalue weighted by molar-refractivity contribution is -0.136. The third kappa shape index (κ3) is 2.19. The van der Waals surface area contributed by atoms with Gasteiger partial charge in [0.15, 0.2) is 15.2 Å². The van der Waals surface area contributed by atoms with Crippen molar-refractivity contribution in [3.05, 3.63) is 17.5 Å². The largest absolute Gasteiger partial charge is 0.481 e. The van der Waals surface area contributed by atoms with Crippen LogP contribution < -0.4 is 0 Å². The van der Waals surface area contributed by atoms with E-state index >= 15 is 0 Å². The van der Waals surface area contributed by atoms with Crippen molar-refractivity contribution in [2.75, 3.05) is 5.75 Å². The molecule has 0 spiro atoms. The van der Waals surface area contributed by atoms with E-state index in [9.17, 15) is 13.2 Å². The third-order valence-corrected chi connectivity index (χ3v) is 5.18. The Morgan fingerprint density at radius 3 is 2.88 bits per heavy atom. The fraction of sp³-hybridized carbons (Fsp3) is 0.600. The summed E-state index contributed by atoms with van der Waals surface area (Å²) in [6.07, 6.45) is 2.51. The maximum Gasteiger partial charge on any atom is 0.307 e. The summed E-state index contributed by atoms with van der Waals surface area (Å²) in [5, 5.41) is 12.1. The van der Waals surface area contributed by atoms with Gasteiger partial charge in [0.1, 0.15) is 0 Å². The molecule has 0 amide bonds. The second-order valence-corrected chi connectivity index (χ2v) is 6.51. The normalized spacial score (nSPS) is 22.8. The van der Waals surface area contributed by atoms with Gasteiger partial charge in [-0.15, -0.1) is 0 Å². The van der Waals surface area contributed by atoms with Gasteiger partial charge >= 0.3 is 5.97 Å². The van der Waals surface area contributed by atoms with Gasteiger partial charge in [-0.05, 0) is 19.8 Å². The fourth-order valence-electron chi connectivity index (χ4n) is 2.14. The van der Waals surface area contributed by atoms with Crippen LogP contribution >= 0.6 is 0 Å². The molecule has 2 heterocycles. The first kappa shape index (κ1) is 12.1. The van der Waals surface area contributed by atoms with Gasteiger partial charge in [0.2, 0.25) is 0 Å². The van der Waals surface area contributed by atoms with Crippen LogP contribution in [0.1, 0.15) is 29.5 Å². The van der Waals surface area contributed by atoms with Crippen molar-refractivity contribution in [3.63, 3.8) is 0 Å². The highest BCUT2D eigenvalue weighted by Gasteiger charge is 2.34. The number of hydrogen-bond acceptors (Lipinski definition) is 4. The lowest BCUT2D eigenvalue weighted by atomic mass is 10.2. The van der Waals surface area contributed by atoms with Crippen molar-refractivity contribution < 1.29 is 18.3 Å². The third-order valence-electron chi connectivity index (χ3n) is 3.06. The van der Waals surface area contributed by atoms with Crippen LogP contribution in [-0.2, 0) is 21.1 Å². The molecular weight excluding hydrogens is 244 g/mol. The van der Waals surface area contributed by atoms with Gasteiger partial charge in [-0.3, -0.25) is 9.48 Å². The zero-order valence-corrected chi connectivity index (χ0v) is 10.3. The first-order valence-corrected chi connectivity index (χ1v) is 7.09. The molecule has 1 N–H and O–H groups in total. The quantitative estimate of drug-likeness (QED) is 0.854. The molecule has 1 aliphatic heterocycles. The molecule has 0 aromatic carbocycles. The molecule has 6 nitrogen and oxygen atoms in total. The molecule has 1 fully saturated rings. The molecule has 0 saturated carbocycles. The van der Waals surface area contributed by atoms with E-state index in [1.54, 1.807) is 6.92 Å². The summed E-state index contributed by atoms with van der Waals surface area (Å²) in [6, 6.07) is 0. The highest BCUT2D eigenvalue weighted by molar-refractivity contribution is 7.91. The summed E-state index contributed by atoms with van der Waals surface area (Å²) < 4.78 is 25.0. The summed E-state index contributed by atoms with van der Waals surface area (Å²) in [4.78, 5) is 10.6. The van der Waals surface area contributed by atoms with Crippen molar-refractivity contribution in [3.8, 4) is 0 Å². The second kappa shape index (κ2) is 4.14. The molecule has 2 rings (SSSR count). The molecule has 0 radical (unpaired) electrons. The molecule has 0 aliphatic carbocycles. The maximum absolute atomic E-state index is 11.8. The van der Waals surface area contributed by atoms with Crippen LogP contribution in [0.4, 0.5) is 0 Å². The number of carbonyl (C=O) groups is 1. The minimum atomic E-state index is -3.12. The summed E-state index contributed by atoms with van der Waals surface area (Å²) in [6.45, 7) is 1.71. The van der Waals surface area contributed by atoms with Crippen LogP contribution in [0.3, 0.4) is 0 Å². The summed E-state index contributed by atoms with van der Waals surface area (Å²) in [7, 11) is -3.12. The molecule has 7 heteroatoms. The van der Waals surface area contributed by atoms with Gasteiger partial charge in [-0.2, -0.15) is 5.10 Å². The van der Waals surface area contributed by atoms with Crippen molar-refractivity contribution in [2.45, 2.75) is 31.6 Å². The number of aliphatic carboxylic acids is 1. The van der Waals surface area contributed by atoms with Crippen LogP contribution in [0.5, 0.6) is 0 Å². The van der Waals surface area contributed by atoms with Crippen LogP contribution in [0, 0.1) is 6.92 Å². The van der Waals surface area contributed by atoms with Gasteiger partial charge < -0.3 is 5.11 Å². The van der Waals surface area contributed by atoms with Crippen molar-refractivity contribution in [1.82, 2.24) is 9.78 Å². The SMILES string of the molecule is Cc1c(CC(=O)O)cnn1C1CCCS1(=O)=O. The Bertz CT molecular complexity index is 547. The Kier molecular flexibility index (Phi) is 2.94. The lowest BCUT2D eigenvalue weighted by Gasteiger charge is -2.12. The van der Waals surface area contributed by atoms with Crippen LogP contribution in [-0.4, -0.2) is 35.0 Å². The van der Waals surface area contributed by atoms with Crippen LogP contribution in [0.15, 0.2) is 6.20 Å². The van der Waals surface area contributed by atoms with Gasteiger partial charge in [0.05, 0.1) is 18.4 Å². The molecule has 0 bridgehead atoms. The van der Waals surface area contributed by atoms with E-state index in [1.807, 2.05) is 0 Å². The topological polar surface area (TPSA) is 89.3 Å². The molecule has 94 valence electrons. The number of carboxylic acid groups (broad SMARTS) is 1. The van der Waals surface area contributed by atoms with Crippen LogP contribution in [0.25, 0.3) is 0 Å². The number of aromatic nitrogens is 2. The Hall–Kier alpha value is -1.37. The summed E-state index contributed by atoms with van der Waals surface area (Å²) >= 11 is 0. The number of rotatable bonds is 3. The average Bonchev–Trinajstić information content (AvgIpc) is 2.71. The van der Waals surface area contributed by atoms with E-state index in [1.165, 1.54) is 10.9 Å². The van der Waals surface area contributed by atoms with E-state index < -0.39 is 21.2 Å². The molecule has 1 aromatic rings. The average molecular weight is 258 g/mol. The molecule has 1 unspecified atom stereocenters. The van der Waals surface area contributed by atoms with Gasteiger partial charge in [0, 0.05) is 11.3 Å². The van der Waals surface area contributed by atoms with E-state index in [0.29, 0.717) is 24.1 Å². The highest BCUT2D eigenvalue weighted by Crippen LogP contribution is 2.30. The van der Waals surface area contributed by atoms with Gasteiger partial charge in [-0.25, -0.2) is 8.42 Å². The van der Waals surface area contributed by atoms with E-state index in [-0.39, 0.29) is 12.2 Å². The van der Waals surface area contributed by atoms with E-state index in [0.717, 1.165) is 0 Å². The predicted octanol–water partition coefficient (Wildman–Crippen LogP) is 0.526. The fourth-order valence-corrected chi connectivity index (χ4v) is 4.02. The van der Waals surface area contributed by atoms with Crippen molar-refractivity contribution in [2.24, 2.45) is 0 Å². The van der Waals surface area contributed by atoms with Gasteiger partial charge in [-0.1, -0.05) is 0 Å². The molecule has 1 aromatic heterocycles. The highest BCUT2D eigenvalue weighted by atomic mass is 32.2. The predicted molar refractivity (Wildman–Crippen MR) is 60.4 cm³/mol. The minimum Gasteiger partial charge on any atom is -0.481 e. The van der Waals surface area contributed by atoms with Gasteiger partial charge in [0.25, 0.3) is 0 Å². The number of carboxylic acids is 1. The monoisotopic (exact) mass is 258 g/mol. The van der Waals surface area contributed by atoms with E-state index in [2.05, 4.69) is 5.10 Å². The molecule has 1 aliphatic rings. The zero-order chi connectivity index (χ0) is 12.6. The Balaban J connectivity index is 2.35. The standard InChI is InChI=1S/C10H14N2O4S/c1-7-8(5-10(13)14)6-11-12(7)9-3-2-4-17(9,15)16/h6,9H,2-5H2,1H3,(H,13,14). The van der Waals surface area contributed by atoms with Crippen LogP contribution in [0.2, 0.25) is 0 Å². The van der Waals surface area contributed by atoms with E-state index in [4.69, 9.17) is 5.11 Å². The zero-order valence-electron chi connectivity index (χ0n) is 9.46. The van der Waals surface area contributed by atoms with Crippen molar-refractivity contribution in [1.29, 1.82) is 0 Å². The molecule has 1 atom stereocenters. The van der Waals surface area contributed by atoms with Crippen molar-refractivity contribution >= 4 is 15.8 Å². The maximum atomic E-state index is 11.8. The number of sulfone groups is 1. The molecule has 17 heavy (non-hydrogen) atoms. The Morgan fingerprint density at radius 2 is 2.35 bits per heavy atom. The number of nitrogens with zero attached hydrogens (tertiary/aromatic N) is 2. The molecular formula is C10H14N2O4S. The second-order valence-electron chi connectivity index (χ2n) is 4.23. The Morgan fingerprint density at radius 1 is 1.65 bits per heavy atom. The number of hydrogen-bond donors (Lipinski definition) is 1. The minimum absolute atomic E-state index is 0.126. The molecule has 1 saturated heterocycles.